The summed E-state index contributed by atoms with van der Waals surface area (Å²) in [6.45, 7) is 1.58. The van der Waals surface area contributed by atoms with E-state index in [0.29, 0.717) is 4.90 Å². The van der Waals surface area contributed by atoms with Crippen molar-refractivity contribution in [2.75, 3.05) is 6.61 Å². The SMILES string of the molecule is CC(CO)Sc1ccc(C(=N)N)c(C(F)(F)F)c1. The summed E-state index contributed by atoms with van der Waals surface area (Å²) in [6.07, 6.45) is -4.56. The Morgan fingerprint density at radius 2 is 2.11 bits per heavy atom. The van der Waals surface area contributed by atoms with Gasteiger partial charge in [0.1, 0.15) is 5.84 Å². The third-order valence-electron chi connectivity index (χ3n) is 2.18. The first kappa shape index (κ1) is 14.8. The van der Waals surface area contributed by atoms with Crippen LogP contribution in [0.5, 0.6) is 0 Å². The van der Waals surface area contributed by atoms with E-state index in [0.717, 1.165) is 17.8 Å². The Bertz CT molecular complexity index is 448. The van der Waals surface area contributed by atoms with Crippen molar-refractivity contribution >= 4 is 17.6 Å². The molecule has 100 valence electrons. The van der Waals surface area contributed by atoms with Gasteiger partial charge in [-0.15, -0.1) is 11.8 Å². The fourth-order valence-electron chi connectivity index (χ4n) is 1.34. The number of thioether (sulfide) groups is 1. The molecule has 0 aliphatic heterocycles. The summed E-state index contributed by atoms with van der Waals surface area (Å²) < 4.78 is 38.4. The molecular weight excluding hydrogens is 265 g/mol. The molecule has 0 aliphatic rings. The summed E-state index contributed by atoms with van der Waals surface area (Å²) in [7, 11) is 0. The summed E-state index contributed by atoms with van der Waals surface area (Å²) in [5.74, 6) is -0.617. The third-order valence-corrected chi connectivity index (χ3v) is 3.26. The number of benzene rings is 1. The highest BCUT2D eigenvalue weighted by Crippen LogP contribution is 2.35. The van der Waals surface area contributed by atoms with Crippen LogP contribution in [0.3, 0.4) is 0 Å². The van der Waals surface area contributed by atoms with Gasteiger partial charge >= 0.3 is 6.18 Å². The lowest BCUT2D eigenvalue weighted by Gasteiger charge is -2.14. The number of rotatable bonds is 4. The zero-order valence-corrected chi connectivity index (χ0v) is 10.4. The minimum atomic E-state index is -4.56. The first-order chi connectivity index (χ1) is 8.25. The second-order valence-corrected chi connectivity index (χ2v) is 5.24. The van der Waals surface area contributed by atoms with E-state index in [4.69, 9.17) is 16.2 Å². The molecule has 0 saturated heterocycles. The normalized spacial score (nSPS) is 13.4. The van der Waals surface area contributed by atoms with Crippen LogP contribution >= 0.6 is 11.8 Å². The number of hydrogen-bond acceptors (Lipinski definition) is 3. The number of hydrogen-bond donors (Lipinski definition) is 3. The molecule has 1 rings (SSSR count). The predicted octanol–water partition coefficient (Wildman–Crippen LogP) is 2.46. The van der Waals surface area contributed by atoms with Gasteiger partial charge in [-0.25, -0.2) is 0 Å². The van der Waals surface area contributed by atoms with Crippen molar-refractivity contribution in [2.24, 2.45) is 5.73 Å². The van der Waals surface area contributed by atoms with Crippen LogP contribution in [0.4, 0.5) is 13.2 Å². The van der Waals surface area contributed by atoms with Gasteiger partial charge in [0.15, 0.2) is 0 Å². The molecule has 18 heavy (non-hydrogen) atoms. The Morgan fingerprint density at radius 3 is 2.56 bits per heavy atom. The number of aliphatic hydroxyl groups is 1. The molecule has 7 heteroatoms. The Morgan fingerprint density at radius 1 is 1.50 bits per heavy atom. The van der Waals surface area contributed by atoms with Crippen molar-refractivity contribution in [2.45, 2.75) is 23.2 Å². The van der Waals surface area contributed by atoms with Gasteiger partial charge in [-0.05, 0) is 18.2 Å². The van der Waals surface area contributed by atoms with Crippen LogP contribution < -0.4 is 5.73 Å². The highest BCUT2D eigenvalue weighted by Gasteiger charge is 2.34. The molecule has 0 saturated carbocycles. The van der Waals surface area contributed by atoms with Crippen LogP contribution in [0.2, 0.25) is 0 Å². The van der Waals surface area contributed by atoms with E-state index < -0.39 is 17.6 Å². The van der Waals surface area contributed by atoms with Gasteiger partial charge in [-0.1, -0.05) is 6.92 Å². The zero-order chi connectivity index (χ0) is 13.9. The molecule has 1 aromatic carbocycles. The smallest absolute Gasteiger partial charge is 0.395 e. The lowest BCUT2D eigenvalue weighted by Crippen LogP contribution is -2.19. The molecule has 0 aromatic heterocycles. The topological polar surface area (TPSA) is 70.1 Å². The van der Waals surface area contributed by atoms with Gasteiger partial charge in [0.2, 0.25) is 0 Å². The molecule has 0 bridgehead atoms. The van der Waals surface area contributed by atoms with E-state index in [-0.39, 0.29) is 17.4 Å². The van der Waals surface area contributed by atoms with Gasteiger partial charge in [0.25, 0.3) is 0 Å². The summed E-state index contributed by atoms with van der Waals surface area (Å²) in [6, 6.07) is 3.59. The van der Waals surface area contributed by atoms with Crippen LogP contribution in [0, 0.1) is 5.41 Å². The molecule has 0 aliphatic carbocycles. The van der Waals surface area contributed by atoms with Crippen LogP contribution in [0.15, 0.2) is 23.1 Å². The third kappa shape index (κ3) is 3.64. The average Bonchev–Trinajstić information content (AvgIpc) is 2.27. The lowest BCUT2D eigenvalue weighted by atomic mass is 10.1. The van der Waals surface area contributed by atoms with Crippen LogP contribution in [-0.4, -0.2) is 22.8 Å². The molecule has 0 fully saturated rings. The van der Waals surface area contributed by atoms with E-state index in [1.54, 1.807) is 6.92 Å². The molecule has 3 nitrogen and oxygen atoms in total. The Balaban J connectivity index is 3.18. The van der Waals surface area contributed by atoms with Gasteiger partial charge in [-0.2, -0.15) is 13.2 Å². The fourth-order valence-corrected chi connectivity index (χ4v) is 2.21. The van der Waals surface area contributed by atoms with Crippen molar-refractivity contribution in [3.63, 3.8) is 0 Å². The predicted molar refractivity (Wildman–Crippen MR) is 64.9 cm³/mol. The summed E-state index contributed by atoms with van der Waals surface area (Å²) in [5.41, 5.74) is 3.87. The number of amidine groups is 1. The van der Waals surface area contributed by atoms with Crippen molar-refractivity contribution in [3.8, 4) is 0 Å². The largest absolute Gasteiger partial charge is 0.417 e. The molecule has 0 amide bonds. The molecular formula is C11H13F3N2OS. The van der Waals surface area contributed by atoms with Gasteiger partial charge < -0.3 is 10.8 Å². The van der Waals surface area contributed by atoms with E-state index in [1.807, 2.05) is 0 Å². The van der Waals surface area contributed by atoms with Gasteiger partial charge in [0.05, 0.1) is 12.2 Å². The highest BCUT2D eigenvalue weighted by atomic mass is 32.2. The van der Waals surface area contributed by atoms with Crippen LogP contribution in [-0.2, 0) is 6.18 Å². The molecule has 0 spiro atoms. The van der Waals surface area contributed by atoms with Gasteiger partial charge in [-0.3, -0.25) is 5.41 Å². The van der Waals surface area contributed by atoms with Gasteiger partial charge in [0, 0.05) is 15.7 Å². The Kier molecular flexibility index (Phi) is 4.64. The average molecular weight is 278 g/mol. The number of nitrogen functional groups attached to an aromatic ring is 1. The number of alkyl halides is 3. The Labute approximate surface area is 107 Å². The van der Waals surface area contributed by atoms with E-state index in [9.17, 15) is 13.2 Å². The number of nitrogens with two attached hydrogens (primary N) is 1. The maximum atomic E-state index is 12.8. The monoisotopic (exact) mass is 278 g/mol. The molecule has 1 aromatic rings. The molecule has 1 unspecified atom stereocenters. The summed E-state index contributed by atoms with van der Waals surface area (Å²) >= 11 is 1.13. The van der Waals surface area contributed by atoms with Crippen molar-refractivity contribution in [1.82, 2.24) is 0 Å². The zero-order valence-electron chi connectivity index (χ0n) is 9.58. The van der Waals surface area contributed by atoms with Crippen LogP contribution in [0.25, 0.3) is 0 Å². The Hall–Kier alpha value is -1.21. The standard InChI is InChI=1S/C11H13F3N2OS/c1-6(5-17)18-7-2-3-8(10(15)16)9(4-7)11(12,13)14/h2-4,6,17H,5H2,1H3,(H3,15,16). The highest BCUT2D eigenvalue weighted by molar-refractivity contribution is 8.00. The molecule has 0 heterocycles. The minimum absolute atomic E-state index is 0.125. The van der Waals surface area contributed by atoms with Crippen molar-refractivity contribution in [3.05, 3.63) is 29.3 Å². The molecule has 4 N–H and O–H groups in total. The lowest BCUT2D eigenvalue weighted by molar-refractivity contribution is -0.137. The van der Waals surface area contributed by atoms with E-state index in [2.05, 4.69) is 0 Å². The van der Waals surface area contributed by atoms with Crippen LogP contribution in [0.1, 0.15) is 18.1 Å². The first-order valence-corrected chi connectivity index (χ1v) is 5.96. The summed E-state index contributed by atoms with van der Waals surface area (Å²) in [4.78, 5) is 0.383. The minimum Gasteiger partial charge on any atom is -0.395 e. The molecule has 0 radical (unpaired) electrons. The van der Waals surface area contributed by atoms with E-state index >= 15 is 0 Å². The number of aliphatic hydroxyl groups excluding tert-OH is 1. The first-order valence-electron chi connectivity index (χ1n) is 5.09. The number of nitrogens with one attached hydrogen (secondary N) is 1. The molecule has 1 atom stereocenters. The number of halogens is 3. The second-order valence-electron chi connectivity index (χ2n) is 3.73. The van der Waals surface area contributed by atoms with E-state index in [1.165, 1.54) is 12.1 Å². The second kappa shape index (κ2) is 5.62. The maximum Gasteiger partial charge on any atom is 0.417 e. The van der Waals surface area contributed by atoms with Crippen molar-refractivity contribution in [1.29, 1.82) is 5.41 Å². The quantitative estimate of drug-likeness (QED) is 0.450. The summed E-state index contributed by atoms with van der Waals surface area (Å²) in [5, 5.41) is 15.8. The maximum absolute atomic E-state index is 12.8. The van der Waals surface area contributed by atoms with Crippen molar-refractivity contribution < 1.29 is 18.3 Å². The fraction of sp³-hybridized carbons (Fsp3) is 0.364.